The molecule has 1 aliphatic carbocycles. The van der Waals surface area contributed by atoms with Gasteiger partial charge >= 0.3 is 0 Å². The van der Waals surface area contributed by atoms with Crippen LogP contribution in [0.15, 0.2) is 0 Å². The van der Waals surface area contributed by atoms with E-state index in [1.165, 1.54) is 0 Å². The second-order valence-electron chi connectivity index (χ2n) is 3.06. The highest BCUT2D eigenvalue weighted by Crippen LogP contribution is 2.25. The first kappa shape index (κ1) is 8.90. The number of halogens is 1. The highest BCUT2D eigenvalue weighted by atomic mass is 19.1. The number of alkyl halides is 1. The van der Waals surface area contributed by atoms with Crippen LogP contribution in [0.25, 0.3) is 0 Å². The largest absolute Gasteiger partial charge is 0.356 e. The molecule has 0 aromatic rings. The molecule has 0 spiro atoms. The molecule has 0 aliphatic heterocycles. The van der Waals surface area contributed by atoms with Crippen molar-refractivity contribution < 1.29 is 14.2 Å². The maximum absolute atomic E-state index is 12.2. The summed E-state index contributed by atoms with van der Waals surface area (Å²) in [6.45, 7) is 3.62. The number of aliphatic hydroxyl groups is 1. The predicted molar refractivity (Wildman–Crippen MR) is 38.7 cm³/mol. The number of aliphatic hydroxyl groups excluding tert-OH is 1. The van der Waals surface area contributed by atoms with Gasteiger partial charge in [-0.2, -0.15) is 0 Å². The Morgan fingerprint density at radius 3 is 2.55 bits per heavy atom. The van der Waals surface area contributed by atoms with E-state index in [0.717, 1.165) is 0 Å². The fraction of sp³-hybridized carbons (Fsp3) is 1.00. The first-order chi connectivity index (χ1) is 5.09. The maximum atomic E-state index is 12.2. The van der Waals surface area contributed by atoms with E-state index in [2.05, 4.69) is 5.32 Å². The molecular formula is C7H14FNO2. The molecule has 11 heavy (non-hydrogen) atoms. The van der Waals surface area contributed by atoms with Crippen molar-refractivity contribution in [2.75, 3.05) is 0 Å². The Bertz CT molecular complexity index is 132. The summed E-state index contributed by atoms with van der Waals surface area (Å²) in [5.74, 6) is 0. The van der Waals surface area contributed by atoms with Crippen molar-refractivity contribution in [2.45, 2.75) is 45.0 Å². The van der Waals surface area contributed by atoms with Crippen molar-refractivity contribution in [1.82, 2.24) is 5.32 Å². The van der Waals surface area contributed by atoms with Crippen LogP contribution >= 0.6 is 0 Å². The van der Waals surface area contributed by atoms with Crippen molar-refractivity contribution >= 4 is 0 Å². The summed E-state index contributed by atoms with van der Waals surface area (Å²) in [5.41, 5.74) is 0. The number of ether oxygens (including phenoxy) is 1. The summed E-state index contributed by atoms with van der Waals surface area (Å²) in [5, 5.41) is 11.6. The van der Waals surface area contributed by atoms with Crippen molar-refractivity contribution in [1.29, 1.82) is 0 Å². The summed E-state index contributed by atoms with van der Waals surface area (Å²) in [4.78, 5) is 0. The Morgan fingerprint density at radius 2 is 2.18 bits per heavy atom. The van der Waals surface area contributed by atoms with Crippen molar-refractivity contribution in [2.24, 2.45) is 0 Å². The molecule has 0 amide bonds. The molecule has 0 radical (unpaired) electrons. The molecule has 3 atom stereocenters. The average Bonchev–Trinajstić information content (AvgIpc) is 2.43. The molecule has 3 nitrogen and oxygen atoms in total. The fourth-order valence-electron chi connectivity index (χ4n) is 0.817. The number of nitrogens with one attached hydrogen (secondary N) is 1. The van der Waals surface area contributed by atoms with Gasteiger partial charge in [-0.15, -0.1) is 0 Å². The van der Waals surface area contributed by atoms with Gasteiger partial charge in [-0.05, 0) is 20.3 Å². The third kappa shape index (κ3) is 3.14. The third-order valence-corrected chi connectivity index (χ3v) is 1.47. The second kappa shape index (κ2) is 3.47. The van der Waals surface area contributed by atoms with E-state index in [4.69, 9.17) is 9.84 Å². The molecule has 4 heteroatoms. The minimum Gasteiger partial charge on any atom is -0.356 e. The summed E-state index contributed by atoms with van der Waals surface area (Å²) in [7, 11) is 0. The zero-order valence-corrected chi connectivity index (χ0v) is 6.75. The standard InChI is InChI=1S/C7H14FNO2/c1-4(2)11-7(10)9-6-3-5(6)8/h4-7,9-10H,3H2,1-2H3/t5-,6-,7?/m0/s1. The maximum Gasteiger partial charge on any atom is 0.214 e. The first-order valence-electron chi connectivity index (χ1n) is 3.83. The van der Waals surface area contributed by atoms with Gasteiger partial charge in [-0.25, -0.2) is 4.39 Å². The summed E-state index contributed by atoms with van der Waals surface area (Å²) < 4.78 is 17.2. The van der Waals surface area contributed by atoms with Crippen molar-refractivity contribution in [3.63, 3.8) is 0 Å². The molecule has 1 unspecified atom stereocenters. The van der Waals surface area contributed by atoms with E-state index in [0.29, 0.717) is 6.42 Å². The van der Waals surface area contributed by atoms with Gasteiger partial charge in [0.2, 0.25) is 6.41 Å². The van der Waals surface area contributed by atoms with E-state index in [9.17, 15) is 4.39 Å². The fourth-order valence-corrected chi connectivity index (χ4v) is 0.817. The molecule has 1 fully saturated rings. The SMILES string of the molecule is CC(C)OC(O)N[C@H]1C[C@@H]1F. The molecule has 1 aliphatic rings. The Kier molecular flexibility index (Phi) is 2.81. The summed E-state index contributed by atoms with van der Waals surface area (Å²) in [6, 6.07) is -0.205. The minimum atomic E-state index is -1.03. The van der Waals surface area contributed by atoms with Gasteiger partial charge in [-0.3, -0.25) is 5.32 Å². The molecule has 1 saturated carbocycles. The van der Waals surface area contributed by atoms with Gasteiger partial charge in [0, 0.05) is 6.04 Å². The normalized spacial score (nSPS) is 32.5. The van der Waals surface area contributed by atoms with Crippen LogP contribution in [-0.2, 0) is 4.74 Å². The lowest BCUT2D eigenvalue weighted by molar-refractivity contribution is -0.145. The Labute approximate surface area is 65.5 Å². The van der Waals surface area contributed by atoms with Gasteiger partial charge in [0.15, 0.2) is 0 Å². The number of hydrogen-bond donors (Lipinski definition) is 2. The van der Waals surface area contributed by atoms with Crippen LogP contribution in [0.4, 0.5) is 4.39 Å². The lowest BCUT2D eigenvalue weighted by Gasteiger charge is -2.15. The molecule has 1 rings (SSSR count). The number of rotatable bonds is 4. The van der Waals surface area contributed by atoms with E-state index in [1.54, 1.807) is 0 Å². The lowest BCUT2D eigenvalue weighted by Crippen LogP contribution is -2.36. The topological polar surface area (TPSA) is 41.5 Å². The van der Waals surface area contributed by atoms with Crippen LogP contribution in [0.5, 0.6) is 0 Å². The van der Waals surface area contributed by atoms with Gasteiger partial charge in [0.1, 0.15) is 6.17 Å². The summed E-state index contributed by atoms with van der Waals surface area (Å²) >= 11 is 0. The average molecular weight is 163 g/mol. The minimum absolute atomic E-state index is 0.0469. The van der Waals surface area contributed by atoms with E-state index in [1.807, 2.05) is 13.8 Å². The molecular weight excluding hydrogens is 149 g/mol. The Hall–Kier alpha value is -0.190. The lowest BCUT2D eigenvalue weighted by atomic mass is 10.5. The van der Waals surface area contributed by atoms with Gasteiger partial charge in [0.05, 0.1) is 6.10 Å². The van der Waals surface area contributed by atoms with Crippen molar-refractivity contribution in [3.05, 3.63) is 0 Å². The molecule has 0 heterocycles. The van der Waals surface area contributed by atoms with Crippen LogP contribution < -0.4 is 5.32 Å². The molecule has 2 N–H and O–H groups in total. The van der Waals surface area contributed by atoms with Crippen LogP contribution in [0.1, 0.15) is 20.3 Å². The Balaban J connectivity index is 2.06. The van der Waals surface area contributed by atoms with Crippen molar-refractivity contribution in [3.8, 4) is 0 Å². The van der Waals surface area contributed by atoms with Gasteiger partial charge in [-0.1, -0.05) is 0 Å². The summed E-state index contributed by atoms with van der Waals surface area (Å²) in [6.07, 6.45) is -1.39. The van der Waals surface area contributed by atoms with Crippen LogP contribution in [-0.4, -0.2) is 29.8 Å². The van der Waals surface area contributed by atoms with Crippen LogP contribution in [0, 0.1) is 0 Å². The smallest absolute Gasteiger partial charge is 0.214 e. The Morgan fingerprint density at radius 1 is 1.64 bits per heavy atom. The third-order valence-electron chi connectivity index (χ3n) is 1.47. The molecule has 0 aromatic carbocycles. The zero-order chi connectivity index (χ0) is 8.43. The quantitative estimate of drug-likeness (QED) is 0.589. The molecule has 0 saturated heterocycles. The molecule has 0 bridgehead atoms. The van der Waals surface area contributed by atoms with Crippen LogP contribution in [0.3, 0.4) is 0 Å². The van der Waals surface area contributed by atoms with Gasteiger partial charge in [0.25, 0.3) is 0 Å². The molecule has 0 aromatic heterocycles. The highest BCUT2D eigenvalue weighted by molar-refractivity contribution is 4.93. The highest BCUT2D eigenvalue weighted by Gasteiger charge is 2.38. The second-order valence-corrected chi connectivity index (χ2v) is 3.06. The monoisotopic (exact) mass is 163 g/mol. The molecule has 66 valence electrons. The van der Waals surface area contributed by atoms with E-state index < -0.39 is 12.6 Å². The zero-order valence-electron chi connectivity index (χ0n) is 6.75. The predicted octanol–water partition coefficient (Wildman–Crippen LogP) is 0.387. The van der Waals surface area contributed by atoms with Gasteiger partial charge < -0.3 is 9.84 Å². The van der Waals surface area contributed by atoms with E-state index in [-0.39, 0.29) is 12.1 Å². The van der Waals surface area contributed by atoms with E-state index >= 15 is 0 Å². The number of hydrogen-bond acceptors (Lipinski definition) is 3. The van der Waals surface area contributed by atoms with Crippen LogP contribution in [0.2, 0.25) is 0 Å². The first-order valence-corrected chi connectivity index (χ1v) is 3.83.